The fourth-order valence-electron chi connectivity index (χ4n) is 2.34. The largest absolute Gasteiger partial charge is 0.495 e. The van der Waals surface area contributed by atoms with Gasteiger partial charge in [0, 0.05) is 5.69 Å². The molecule has 126 valence electrons. The number of para-hydroxylation sites is 3. The lowest BCUT2D eigenvalue weighted by Crippen LogP contribution is -2.13. The maximum Gasteiger partial charge on any atom is 0.259 e. The van der Waals surface area contributed by atoms with Crippen LogP contribution in [0, 0.1) is 0 Å². The zero-order chi connectivity index (χ0) is 17.6. The summed E-state index contributed by atoms with van der Waals surface area (Å²) in [6.07, 6.45) is 0. The molecule has 0 aromatic heterocycles. The van der Waals surface area contributed by atoms with Crippen LogP contribution in [0.25, 0.3) is 0 Å². The van der Waals surface area contributed by atoms with E-state index in [2.05, 4.69) is 5.32 Å². The van der Waals surface area contributed by atoms with Crippen molar-refractivity contribution < 1.29 is 14.3 Å². The summed E-state index contributed by atoms with van der Waals surface area (Å²) >= 11 is 0. The predicted molar refractivity (Wildman–Crippen MR) is 98.3 cm³/mol. The Morgan fingerprint density at radius 3 is 2.24 bits per heavy atom. The van der Waals surface area contributed by atoms with Crippen LogP contribution in [-0.4, -0.2) is 13.0 Å². The summed E-state index contributed by atoms with van der Waals surface area (Å²) in [4.78, 5) is 12.7. The molecular formula is C20H18N2O3. The number of anilines is 2. The summed E-state index contributed by atoms with van der Waals surface area (Å²) in [5.74, 6) is 1.37. The Morgan fingerprint density at radius 2 is 1.52 bits per heavy atom. The zero-order valence-corrected chi connectivity index (χ0v) is 13.7. The van der Waals surface area contributed by atoms with Gasteiger partial charge in [0.2, 0.25) is 0 Å². The molecule has 0 aliphatic carbocycles. The molecule has 3 aromatic carbocycles. The molecule has 3 rings (SSSR count). The van der Waals surface area contributed by atoms with Gasteiger partial charge in [0.1, 0.15) is 17.2 Å². The Morgan fingerprint density at radius 1 is 0.880 bits per heavy atom. The normalized spacial score (nSPS) is 10.1. The molecule has 0 spiro atoms. The Hall–Kier alpha value is -3.47. The van der Waals surface area contributed by atoms with Crippen molar-refractivity contribution in [1.29, 1.82) is 0 Å². The molecular weight excluding hydrogens is 316 g/mol. The minimum atomic E-state index is -0.282. The van der Waals surface area contributed by atoms with Crippen LogP contribution in [0.2, 0.25) is 0 Å². The molecule has 0 unspecified atom stereocenters. The number of nitrogens with two attached hydrogens (primary N) is 1. The van der Waals surface area contributed by atoms with E-state index < -0.39 is 0 Å². The predicted octanol–water partition coefficient (Wildman–Crippen LogP) is 4.32. The lowest BCUT2D eigenvalue weighted by molar-refractivity contribution is 0.102. The van der Waals surface area contributed by atoms with Gasteiger partial charge >= 0.3 is 0 Å². The van der Waals surface area contributed by atoms with Crippen molar-refractivity contribution in [2.24, 2.45) is 0 Å². The standard InChI is InChI=1S/C20H18N2O3/c1-24-19-9-5-3-7-17(19)22-20(23)16-6-2-4-8-18(16)25-15-12-10-14(21)11-13-15/h2-13H,21H2,1H3,(H,22,23). The fraction of sp³-hybridized carbons (Fsp3) is 0.0500. The first-order valence-electron chi connectivity index (χ1n) is 7.74. The number of benzene rings is 3. The Bertz CT molecular complexity index is 876. The van der Waals surface area contributed by atoms with Crippen LogP contribution in [0.1, 0.15) is 10.4 Å². The van der Waals surface area contributed by atoms with Gasteiger partial charge in [-0.3, -0.25) is 4.79 Å². The Balaban J connectivity index is 1.84. The maximum absolute atomic E-state index is 12.7. The number of carbonyl (C=O) groups excluding carboxylic acids is 1. The molecule has 0 heterocycles. The van der Waals surface area contributed by atoms with Gasteiger partial charge in [0.05, 0.1) is 18.4 Å². The molecule has 5 nitrogen and oxygen atoms in total. The summed E-state index contributed by atoms with van der Waals surface area (Å²) in [5.41, 5.74) is 7.34. The van der Waals surface area contributed by atoms with Gasteiger partial charge < -0.3 is 20.5 Å². The third-order valence-electron chi connectivity index (χ3n) is 3.59. The van der Waals surface area contributed by atoms with Crippen LogP contribution >= 0.6 is 0 Å². The minimum absolute atomic E-state index is 0.282. The number of nitrogens with one attached hydrogen (secondary N) is 1. The van der Waals surface area contributed by atoms with E-state index in [1.165, 1.54) is 0 Å². The molecule has 0 saturated heterocycles. The molecule has 0 aliphatic heterocycles. The van der Waals surface area contributed by atoms with Crippen molar-refractivity contribution >= 4 is 17.3 Å². The van der Waals surface area contributed by atoms with E-state index in [1.54, 1.807) is 61.7 Å². The highest BCUT2D eigenvalue weighted by Gasteiger charge is 2.14. The van der Waals surface area contributed by atoms with E-state index in [0.717, 1.165) is 0 Å². The van der Waals surface area contributed by atoms with Crippen LogP contribution in [0.15, 0.2) is 72.8 Å². The van der Waals surface area contributed by atoms with Gasteiger partial charge in [-0.15, -0.1) is 0 Å². The SMILES string of the molecule is COc1ccccc1NC(=O)c1ccccc1Oc1ccc(N)cc1. The van der Waals surface area contributed by atoms with Crippen LogP contribution in [0.4, 0.5) is 11.4 Å². The minimum Gasteiger partial charge on any atom is -0.495 e. The van der Waals surface area contributed by atoms with E-state index in [1.807, 2.05) is 18.2 Å². The highest BCUT2D eigenvalue weighted by Crippen LogP contribution is 2.28. The van der Waals surface area contributed by atoms with Crippen molar-refractivity contribution in [1.82, 2.24) is 0 Å². The van der Waals surface area contributed by atoms with Gasteiger partial charge in [-0.05, 0) is 48.5 Å². The maximum atomic E-state index is 12.7. The van der Waals surface area contributed by atoms with Crippen molar-refractivity contribution in [3.63, 3.8) is 0 Å². The molecule has 25 heavy (non-hydrogen) atoms. The molecule has 0 saturated carbocycles. The highest BCUT2D eigenvalue weighted by atomic mass is 16.5. The van der Waals surface area contributed by atoms with Crippen LogP contribution in [0.5, 0.6) is 17.2 Å². The first kappa shape index (κ1) is 16.4. The van der Waals surface area contributed by atoms with E-state index in [-0.39, 0.29) is 5.91 Å². The number of rotatable bonds is 5. The summed E-state index contributed by atoms with van der Waals surface area (Å²) in [5, 5.41) is 2.85. The second kappa shape index (κ2) is 7.40. The second-order valence-corrected chi connectivity index (χ2v) is 5.32. The van der Waals surface area contributed by atoms with Crippen molar-refractivity contribution in [3.05, 3.63) is 78.4 Å². The third kappa shape index (κ3) is 3.90. The fourth-order valence-corrected chi connectivity index (χ4v) is 2.34. The van der Waals surface area contributed by atoms with E-state index >= 15 is 0 Å². The van der Waals surface area contributed by atoms with Gasteiger partial charge in [0.15, 0.2) is 0 Å². The molecule has 5 heteroatoms. The number of amides is 1. The number of hydrogen-bond acceptors (Lipinski definition) is 4. The van der Waals surface area contributed by atoms with Crippen molar-refractivity contribution in [2.45, 2.75) is 0 Å². The number of hydrogen-bond donors (Lipinski definition) is 2. The zero-order valence-electron chi connectivity index (χ0n) is 13.7. The molecule has 0 radical (unpaired) electrons. The Labute approximate surface area is 146 Å². The molecule has 3 N–H and O–H groups in total. The summed E-state index contributed by atoms with van der Waals surface area (Å²) < 4.78 is 11.1. The first-order chi connectivity index (χ1) is 12.2. The lowest BCUT2D eigenvalue weighted by Gasteiger charge is -2.13. The number of carbonyl (C=O) groups is 1. The second-order valence-electron chi connectivity index (χ2n) is 5.32. The Kier molecular flexibility index (Phi) is 4.85. The average Bonchev–Trinajstić information content (AvgIpc) is 2.64. The van der Waals surface area contributed by atoms with Gasteiger partial charge in [-0.25, -0.2) is 0 Å². The van der Waals surface area contributed by atoms with Gasteiger partial charge in [-0.2, -0.15) is 0 Å². The number of ether oxygens (including phenoxy) is 2. The van der Waals surface area contributed by atoms with Crippen LogP contribution < -0.4 is 20.5 Å². The monoisotopic (exact) mass is 334 g/mol. The van der Waals surface area contributed by atoms with Crippen LogP contribution in [0.3, 0.4) is 0 Å². The summed E-state index contributed by atoms with van der Waals surface area (Å²) in [7, 11) is 1.56. The molecule has 0 bridgehead atoms. The molecule has 0 atom stereocenters. The average molecular weight is 334 g/mol. The topological polar surface area (TPSA) is 73.6 Å². The van der Waals surface area contributed by atoms with Gasteiger partial charge in [0.25, 0.3) is 5.91 Å². The number of nitrogen functional groups attached to an aromatic ring is 1. The first-order valence-corrected chi connectivity index (χ1v) is 7.74. The number of methoxy groups -OCH3 is 1. The van der Waals surface area contributed by atoms with E-state index in [4.69, 9.17) is 15.2 Å². The summed E-state index contributed by atoms with van der Waals surface area (Å²) in [6.45, 7) is 0. The molecule has 0 aliphatic rings. The molecule has 0 fully saturated rings. The van der Waals surface area contributed by atoms with Crippen molar-refractivity contribution in [3.8, 4) is 17.2 Å². The highest BCUT2D eigenvalue weighted by molar-refractivity contribution is 6.06. The van der Waals surface area contributed by atoms with Crippen molar-refractivity contribution in [2.75, 3.05) is 18.2 Å². The summed E-state index contributed by atoms with van der Waals surface area (Å²) in [6, 6.07) is 21.3. The van der Waals surface area contributed by atoms with Gasteiger partial charge in [-0.1, -0.05) is 24.3 Å². The third-order valence-corrected chi connectivity index (χ3v) is 3.59. The van der Waals surface area contributed by atoms with E-state index in [0.29, 0.717) is 34.2 Å². The van der Waals surface area contributed by atoms with E-state index in [9.17, 15) is 4.79 Å². The van der Waals surface area contributed by atoms with Crippen LogP contribution in [-0.2, 0) is 0 Å². The lowest BCUT2D eigenvalue weighted by atomic mass is 10.1. The molecule has 3 aromatic rings. The molecule has 1 amide bonds. The quantitative estimate of drug-likeness (QED) is 0.681. The smallest absolute Gasteiger partial charge is 0.259 e.